The van der Waals surface area contributed by atoms with Gasteiger partial charge in [0.25, 0.3) is 11.8 Å². The molecule has 0 aliphatic carbocycles. The van der Waals surface area contributed by atoms with Crippen LogP contribution in [0.5, 0.6) is 17.2 Å². The van der Waals surface area contributed by atoms with Crippen LogP contribution < -0.4 is 19.5 Å². The van der Waals surface area contributed by atoms with E-state index in [1.165, 1.54) is 33.5 Å². The third-order valence-corrected chi connectivity index (χ3v) is 4.71. The van der Waals surface area contributed by atoms with Crippen LogP contribution in [-0.4, -0.2) is 43.7 Å². The highest BCUT2D eigenvalue weighted by Crippen LogP contribution is 2.38. The SMILES string of the molecule is COc1cc(C(=O)Nc2nnc(-c3ccccc3SC)o2)cc(OC)c1OC. The molecule has 1 amide bonds. The molecular formula is C19H19N3O5S. The molecule has 28 heavy (non-hydrogen) atoms. The second kappa shape index (κ2) is 8.66. The Hall–Kier alpha value is -3.20. The predicted molar refractivity (Wildman–Crippen MR) is 106 cm³/mol. The van der Waals surface area contributed by atoms with Crippen molar-refractivity contribution in [3.05, 3.63) is 42.0 Å². The Balaban J connectivity index is 1.85. The van der Waals surface area contributed by atoms with Gasteiger partial charge in [-0.1, -0.05) is 17.2 Å². The Morgan fingerprint density at radius 1 is 1.04 bits per heavy atom. The largest absolute Gasteiger partial charge is 0.493 e. The summed E-state index contributed by atoms with van der Waals surface area (Å²) in [6.07, 6.45) is 1.96. The Labute approximate surface area is 166 Å². The zero-order valence-corrected chi connectivity index (χ0v) is 16.6. The van der Waals surface area contributed by atoms with Crippen LogP contribution in [0, 0.1) is 0 Å². The first-order valence-electron chi connectivity index (χ1n) is 8.19. The molecule has 9 heteroatoms. The number of ether oxygens (including phenoxy) is 3. The molecular weight excluding hydrogens is 382 g/mol. The highest BCUT2D eigenvalue weighted by molar-refractivity contribution is 7.98. The first-order chi connectivity index (χ1) is 13.6. The summed E-state index contributed by atoms with van der Waals surface area (Å²) < 4.78 is 21.4. The molecule has 8 nitrogen and oxygen atoms in total. The number of hydrogen-bond acceptors (Lipinski definition) is 8. The number of hydrogen-bond donors (Lipinski definition) is 1. The van der Waals surface area contributed by atoms with E-state index in [2.05, 4.69) is 15.5 Å². The Morgan fingerprint density at radius 2 is 1.71 bits per heavy atom. The molecule has 1 aromatic heterocycles. The van der Waals surface area contributed by atoms with Crippen LogP contribution >= 0.6 is 11.8 Å². The van der Waals surface area contributed by atoms with E-state index >= 15 is 0 Å². The summed E-state index contributed by atoms with van der Waals surface area (Å²) in [5.41, 5.74) is 1.09. The molecule has 0 saturated heterocycles. The van der Waals surface area contributed by atoms with Crippen molar-refractivity contribution in [1.82, 2.24) is 10.2 Å². The quantitative estimate of drug-likeness (QED) is 0.598. The van der Waals surface area contributed by atoms with Gasteiger partial charge in [0.15, 0.2) is 11.5 Å². The normalized spacial score (nSPS) is 10.4. The van der Waals surface area contributed by atoms with Crippen LogP contribution in [0.4, 0.5) is 6.01 Å². The van der Waals surface area contributed by atoms with Gasteiger partial charge >= 0.3 is 6.01 Å². The van der Waals surface area contributed by atoms with Gasteiger partial charge in [-0.2, -0.15) is 0 Å². The molecule has 3 aromatic rings. The molecule has 2 aromatic carbocycles. The standard InChI is InChI=1S/C19H19N3O5S/c1-24-13-9-11(10-14(25-2)16(13)26-3)17(23)20-19-22-21-18(27-19)12-7-5-6-8-15(12)28-4/h5-10H,1-4H3,(H,20,22,23). The van der Waals surface area contributed by atoms with Gasteiger partial charge < -0.3 is 18.6 Å². The minimum atomic E-state index is -0.451. The lowest BCUT2D eigenvalue weighted by molar-refractivity contribution is 0.102. The fourth-order valence-electron chi connectivity index (χ4n) is 2.59. The van der Waals surface area contributed by atoms with Crippen molar-refractivity contribution in [2.45, 2.75) is 4.90 Å². The van der Waals surface area contributed by atoms with E-state index in [4.69, 9.17) is 18.6 Å². The third kappa shape index (κ3) is 3.89. The average molecular weight is 401 g/mol. The van der Waals surface area contributed by atoms with Crippen molar-refractivity contribution in [2.75, 3.05) is 32.9 Å². The number of benzene rings is 2. The fourth-order valence-corrected chi connectivity index (χ4v) is 3.18. The van der Waals surface area contributed by atoms with Crippen molar-refractivity contribution in [3.63, 3.8) is 0 Å². The molecule has 0 bridgehead atoms. The number of rotatable bonds is 7. The van der Waals surface area contributed by atoms with Crippen molar-refractivity contribution in [2.24, 2.45) is 0 Å². The van der Waals surface area contributed by atoms with Gasteiger partial charge in [0.05, 0.1) is 26.9 Å². The number of aromatic nitrogens is 2. The highest BCUT2D eigenvalue weighted by atomic mass is 32.2. The number of amides is 1. The molecule has 0 unspecified atom stereocenters. The van der Waals surface area contributed by atoms with Gasteiger partial charge in [-0.25, -0.2) is 0 Å². The maximum Gasteiger partial charge on any atom is 0.322 e. The van der Waals surface area contributed by atoms with Gasteiger partial charge in [-0.05, 0) is 30.5 Å². The van der Waals surface area contributed by atoms with Crippen LogP contribution in [0.3, 0.4) is 0 Å². The lowest BCUT2D eigenvalue weighted by atomic mass is 10.1. The summed E-state index contributed by atoms with van der Waals surface area (Å²) >= 11 is 1.57. The molecule has 1 N–H and O–H groups in total. The monoisotopic (exact) mass is 401 g/mol. The Morgan fingerprint density at radius 3 is 2.32 bits per heavy atom. The number of carbonyl (C=O) groups excluding carboxylic acids is 1. The molecule has 0 fully saturated rings. The number of carbonyl (C=O) groups is 1. The highest BCUT2D eigenvalue weighted by Gasteiger charge is 2.19. The minimum Gasteiger partial charge on any atom is -0.493 e. The van der Waals surface area contributed by atoms with Gasteiger partial charge in [0.1, 0.15) is 0 Å². The van der Waals surface area contributed by atoms with Crippen LogP contribution in [0.25, 0.3) is 11.5 Å². The van der Waals surface area contributed by atoms with Gasteiger partial charge in [-0.3, -0.25) is 10.1 Å². The fraction of sp³-hybridized carbons (Fsp3) is 0.211. The van der Waals surface area contributed by atoms with Crippen LogP contribution in [-0.2, 0) is 0 Å². The zero-order valence-electron chi connectivity index (χ0n) is 15.8. The molecule has 1 heterocycles. The molecule has 0 aliphatic heterocycles. The van der Waals surface area contributed by atoms with E-state index < -0.39 is 5.91 Å². The van der Waals surface area contributed by atoms with E-state index in [9.17, 15) is 4.79 Å². The van der Waals surface area contributed by atoms with Crippen LogP contribution in [0.1, 0.15) is 10.4 Å². The van der Waals surface area contributed by atoms with Crippen molar-refractivity contribution in [1.29, 1.82) is 0 Å². The number of methoxy groups -OCH3 is 3. The summed E-state index contributed by atoms with van der Waals surface area (Å²) in [5.74, 6) is 1.01. The second-order valence-electron chi connectivity index (χ2n) is 5.48. The lowest BCUT2D eigenvalue weighted by Gasteiger charge is -2.13. The van der Waals surface area contributed by atoms with E-state index in [1.807, 2.05) is 30.5 Å². The van der Waals surface area contributed by atoms with E-state index in [-0.39, 0.29) is 6.01 Å². The smallest absolute Gasteiger partial charge is 0.322 e. The van der Waals surface area contributed by atoms with Gasteiger partial charge in [0, 0.05) is 10.5 Å². The first-order valence-corrected chi connectivity index (χ1v) is 9.42. The maximum atomic E-state index is 12.6. The Kier molecular flexibility index (Phi) is 6.05. The van der Waals surface area contributed by atoms with Crippen molar-refractivity contribution >= 4 is 23.7 Å². The minimum absolute atomic E-state index is 0.00958. The molecule has 0 aliphatic rings. The molecule has 3 rings (SSSR count). The second-order valence-corrected chi connectivity index (χ2v) is 6.33. The number of nitrogens with one attached hydrogen (secondary N) is 1. The summed E-state index contributed by atoms with van der Waals surface area (Å²) in [6.45, 7) is 0. The van der Waals surface area contributed by atoms with Gasteiger partial charge in [-0.15, -0.1) is 16.9 Å². The molecule has 146 valence electrons. The number of anilines is 1. The molecule has 0 atom stereocenters. The van der Waals surface area contributed by atoms with E-state index in [1.54, 1.807) is 11.8 Å². The zero-order chi connectivity index (χ0) is 20.1. The number of nitrogens with zero attached hydrogens (tertiary/aromatic N) is 2. The topological polar surface area (TPSA) is 95.7 Å². The Bertz CT molecular complexity index is 964. The summed E-state index contributed by atoms with van der Waals surface area (Å²) in [7, 11) is 4.45. The molecule has 0 saturated carbocycles. The summed E-state index contributed by atoms with van der Waals surface area (Å²) in [6, 6.07) is 10.7. The van der Waals surface area contributed by atoms with E-state index in [0.29, 0.717) is 28.7 Å². The van der Waals surface area contributed by atoms with Crippen molar-refractivity contribution in [3.8, 4) is 28.7 Å². The third-order valence-electron chi connectivity index (χ3n) is 3.91. The average Bonchev–Trinajstić information content (AvgIpc) is 3.20. The van der Waals surface area contributed by atoms with Gasteiger partial charge in [0.2, 0.25) is 5.75 Å². The summed E-state index contributed by atoms with van der Waals surface area (Å²) in [4.78, 5) is 13.6. The van der Waals surface area contributed by atoms with Crippen LogP contribution in [0.15, 0.2) is 45.7 Å². The van der Waals surface area contributed by atoms with E-state index in [0.717, 1.165) is 10.5 Å². The van der Waals surface area contributed by atoms with Crippen LogP contribution in [0.2, 0.25) is 0 Å². The number of thioether (sulfide) groups is 1. The molecule has 0 spiro atoms. The first kappa shape index (κ1) is 19.6. The maximum absolute atomic E-state index is 12.6. The predicted octanol–water partition coefficient (Wildman–Crippen LogP) is 3.74. The lowest BCUT2D eigenvalue weighted by Crippen LogP contribution is -2.13. The summed E-state index contributed by atoms with van der Waals surface area (Å²) in [5, 5.41) is 10.5. The van der Waals surface area contributed by atoms with Crippen molar-refractivity contribution < 1.29 is 23.4 Å². The molecule has 0 radical (unpaired) electrons.